The van der Waals surface area contributed by atoms with Gasteiger partial charge in [-0.05, 0) is 57.8 Å². The van der Waals surface area contributed by atoms with Gasteiger partial charge in [-0.2, -0.15) is 0 Å². The van der Waals surface area contributed by atoms with E-state index >= 15 is 0 Å². The predicted octanol–water partition coefficient (Wildman–Crippen LogP) is 11.7. The summed E-state index contributed by atoms with van der Waals surface area (Å²) in [4.78, 5) is 0. The van der Waals surface area contributed by atoms with Gasteiger partial charge in [0.15, 0.2) is 0 Å². The first-order chi connectivity index (χ1) is 14.9. The molecular weight excluding hydrogens is 372 g/mol. The second-order valence-corrected chi connectivity index (χ2v) is 6.26. The molecule has 31 heavy (non-hydrogen) atoms. The van der Waals surface area contributed by atoms with E-state index in [2.05, 4.69) is 85.1 Å². The van der Waals surface area contributed by atoms with Crippen LogP contribution in [0.5, 0.6) is 0 Å². The Bertz CT molecular complexity index is 326. The van der Waals surface area contributed by atoms with Crippen LogP contribution in [-0.2, 0) is 0 Å². The monoisotopic (exact) mass is 437 g/mol. The molecule has 1 aliphatic carbocycles. The van der Waals surface area contributed by atoms with E-state index in [9.17, 15) is 0 Å². The molecule has 1 fully saturated rings. The van der Waals surface area contributed by atoms with Crippen molar-refractivity contribution in [2.24, 2.45) is 17.8 Å². The van der Waals surface area contributed by atoms with Gasteiger partial charge in [-0.3, -0.25) is 0 Å². The zero-order chi connectivity index (χ0) is 26.7. The number of terminal acetylenes is 1. The average Bonchev–Trinajstić information content (AvgIpc) is 3.25. The van der Waals surface area contributed by atoms with Crippen molar-refractivity contribution in [3.8, 4) is 12.3 Å². The summed E-state index contributed by atoms with van der Waals surface area (Å²) < 4.78 is 0. The quantitative estimate of drug-likeness (QED) is 0.297. The first-order valence-electron chi connectivity index (χ1n) is 12.6. The van der Waals surface area contributed by atoms with Gasteiger partial charge in [-0.15, -0.1) is 38.7 Å². The zero-order valence-corrected chi connectivity index (χ0v) is 24.2. The lowest BCUT2D eigenvalue weighted by molar-refractivity contribution is 0.362. The molecule has 1 rings (SSSR count). The van der Waals surface area contributed by atoms with Gasteiger partial charge in [0.1, 0.15) is 0 Å². The van der Waals surface area contributed by atoms with Crippen LogP contribution in [-0.4, -0.2) is 0 Å². The highest BCUT2D eigenvalue weighted by Gasteiger charge is 2.23. The molecule has 1 saturated carbocycles. The van der Waals surface area contributed by atoms with Gasteiger partial charge in [0.25, 0.3) is 0 Å². The minimum atomic E-state index is 0.729. The molecule has 0 nitrogen and oxygen atoms in total. The normalized spacial score (nSPS) is 15.5. The van der Waals surface area contributed by atoms with E-state index in [1.165, 1.54) is 37.7 Å². The predicted molar refractivity (Wildman–Crippen MR) is 156 cm³/mol. The SMILES string of the molecule is C#CC.C/C=C\CC.C=C.C=C.C=C(C)C(C)CCC1CCCC1C.CC.CC.CC. The van der Waals surface area contributed by atoms with E-state index in [0.717, 1.165) is 24.2 Å². The van der Waals surface area contributed by atoms with Crippen LogP contribution in [0.4, 0.5) is 0 Å². The Kier molecular flexibility index (Phi) is 86.6. The molecule has 0 heterocycles. The van der Waals surface area contributed by atoms with E-state index in [0.29, 0.717) is 0 Å². The molecule has 0 amide bonds. The Morgan fingerprint density at radius 3 is 1.61 bits per heavy atom. The molecule has 0 spiro atoms. The molecule has 0 radical (unpaired) electrons. The first-order valence-corrected chi connectivity index (χ1v) is 12.6. The number of allylic oxidation sites excluding steroid dienone is 3. The molecule has 188 valence electrons. The maximum Gasteiger partial charge on any atom is -0.00297 e. The van der Waals surface area contributed by atoms with Crippen molar-refractivity contribution in [1.82, 2.24) is 0 Å². The molecule has 0 N–H and O–H groups in total. The highest BCUT2D eigenvalue weighted by molar-refractivity contribution is 4.94. The lowest BCUT2D eigenvalue weighted by Gasteiger charge is -2.18. The molecule has 0 aromatic heterocycles. The molecule has 3 atom stereocenters. The van der Waals surface area contributed by atoms with E-state index < -0.39 is 0 Å². The molecule has 1 aliphatic rings. The Balaban J connectivity index is -0.0000000538. The summed E-state index contributed by atoms with van der Waals surface area (Å²) in [5, 5.41) is 0. The summed E-state index contributed by atoms with van der Waals surface area (Å²) in [6.07, 6.45) is 17.1. The van der Waals surface area contributed by atoms with Crippen molar-refractivity contribution < 1.29 is 0 Å². The highest BCUT2D eigenvalue weighted by atomic mass is 14.3. The van der Waals surface area contributed by atoms with E-state index in [1.54, 1.807) is 6.92 Å². The third-order valence-corrected chi connectivity index (χ3v) is 4.32. The minimum Gasteiger partial charge on any atom is -0.120 e. The summed E-state index contributed by atoms with van der Waals surface area (Å²) in [5.74, 6) is 4.98. The van der Waals surface area contributed by atoms with Crippen LogP contribution < -0.4 is 0 Å². The standard InChI is InChI=1S/C13H24.C5H10.C3H4.3C2H6.2C2H4/c1-10(2)11(3)8-9-13-7-5-6-12(13)4;1-3-5-4-2;1-3-2;5*1-2/h11-13H,1,5-9H2,2-4H3;3,5H,4H2,1-2H3;1H,2H3;3*1-2H3;2*1-2H2/b;5-3-;;;;;;. The van der Waals surface area contributed by atoms with Crippen LogP contribution >= 0.6 is 0 Å². The van der Waals surface area contributed by atoms with E-state index in [4.69, 9.17) is 0 Å². The smallest absolute Gasteiger partial charge is 0.00297 e. The van der Waals surface area contributed by atoms with Gasteiger partial charge in [-0.25, -0.2) is 0 Å². The fourth-order valence-corrected chi connectivity index (χ4v) is 2.60. The summed E-state index contributed by atoms with van der Waals surface area (Å²) in [7, 11) is 0. The second kappa shape index (κ2) is 56.7. The van der Waals surface area contributed by atoms with Gasteiger partial charge in [-0.1, -0.05) is 106 Å². The van der Waals surface area contributed by atoms with Gasteiger partial charge in [0.2, 0.25) is 0 Å². The van der Waals surface area contributed by atoms with Crippen molar-refractivity contribution >= 4 is 0 Å². The molecule has 0 bridgehead atoms. The van der Waals surface area contributed by atoms with E-state index in [-0.39, 0.29) is 0 Å². The maximum atomic E-state index is 4.60. The van der Waals surface area contributed by atoms with Crippen LogP contribution in [0.25, 0.3) is 0 Å². The molecule has 0 aromatic carbocycles. The van der Waals surface area contributed by atoms with Gasteiger partial charge >= 0.3 is 0 Å². The molecule has 0 heteroatoms. The highest BCUT2D eigenvalue weighted by Crippen LogP contribution is 2.35. The first kappa shape index (κ1) is 47.3. The van der Waals surface area contributed by atoms with Crippen molar-refractivity contribution in [1.29, 1.82) is 0 Å². The minimum absolute atomic E-state index is 0.729. The summed E-state index contributed by atoms with van der Waals surface area (Å²) >= 11 is 0. The third-order valence-electron chi connectivity index (χ3n) is 4.32. The van der Waals surface area contributed by atoms with Crippen molar-refractivity contribution in [2.45, 2.75) is 122 Å². The van der Waals surface area contributed by atoms with Crippen molar-refractivity contribution in [2.75, 3.05) is 0 Å². The number of hydrogen-bond donors (Lipinski definition) is 0. The van der Waals surface area contributed by atoms with Crippen LogP contribution in [0, 0.1) is 30.1 Å². The third kappa shape index (κ3) is 52.6. The Morgan fingerprint density at radius 2 is 1.42 bits per heavy atom. The lowest BCUT2D eigenvalue weighted by Crippen LogP contribution is -2.06. The van der Waals surface area contributed by atoms with Crippen LogP contribution in [0.1, 0.15) is 122 Å². The average molecular weight is 437 g/mol. The number of hydrogen-bond acceptors (Lipinski definition) is 0. The summed E-state index contributed by atoms with van der Waals surface area (Å²) in [5.41, 5.74) is 1.35. The molecule has 0 aliphatic heterocycles. The summed E-state index contributed by atoms with van der Waals surface area (Å²) in [6, 6.07) is 0. The second-order valence-electron chi connectivity index (χ2n) is 6.26. The zero-order valence-electron chi connectivity index (χ0n) is 24.2. The van der Waals surface area contributed by atoms with Crippen LogP contribution in [0.3, 0.4) is 0 Å². The molecule has 3 unspecified atom stereocenters. The van der Waals surface area contributed by atoms with Gasteiger partial charge < -0.3 is 0 Å². The maximum absolute atomic E-state index is 4.60. The lowest BCUT2D eigenvalue weighted by atomic mass is 9.88. The van der Waals surface area contributed by atoms with Gasteiger partial charge in [0.05, 0.1) is 0 Å². The Labute approximate surface area is 202 Å². The Morgan fingerprint density at radius 1 is 1.03 bits per heavy atom. The molecule has 0 aromatic rings. The molecule has 0 saturated heterocycles. The largest absolute Gasteiger partial charge is 0.120 e. The topological polar surface area (TPSA) is 0 Å². The number of rotatable bonds is 5. The fourth-order valence-electron chi connectivity index (χ4n) is 2.60. The summed E-state index contributed by atoms with van der Waals surface area (Å²) in [6.45, 7) is 40.7. The molecular formula is C31H64. The van der Waals surface area contributed by atoms with Crippen molar-refractivity contribution in [3.05, 3.63) is 50.6 Å². The van der Waals surface area contributed by atoms with Crippen molar-refractivity contribution in [3.63, 3.8) is 0 Å². The van der Waals surface area contributed by atoms with Crippen LogP contribution in [0.2, 0.25) is 0 Å². The fraction of sp³-hybridized carbons (Fsp3) is 0.677. The van der Waals surface area contributed by atoms with Crippen LogP contribution in [0.15, 0.2) is 50.6 Å². The van der Waals surface area contributed by atoms with E-state index in [1.807, 2.05) is 48.5 Å². The van der Waals surface area contributed by atoms with Gasteiger partial charge in [0, 0.05) is 0 Å². The Hall–Kier alpha value is -1.48.